The van der Waals surface area contributed by atoms with E-state index >= 15 is 0 Å². The topological polar surface area (TPSA) is 88.0 Å². The molecule has 2 aromatic rings. The first-order valence-corrected chi connectivity index (χ1v) is 14.7. The van der Waals surface area contributed by atoms with Crippen molar-refractivity contribution in [2.24, 2.45) is 5.92 Å². The largest absolute Gasteiger partial charge is 0.483 e. The van der Waals surface area contributed by atoms with Crippen LogP contribution in [0.3, 0.4) is 0 Å². The third-order valence-electron chi connectivity index (χ3n) is 7.41. The fourth-order valence-corrected chi connectivity index (χ4v) is 7.35. The molecule has 3 fully saturated rings. The highest BCUT2D eigenvalue weighted by molar-refractivity contribution is 7.86. The molecule has 0 radical (unpaired) electrons. The van der Waals surface area contributed by atoms with E-state index in [0.29, 0.717) is 61.6 Å². The van der Waals surface area contributed by atoms with E-state index in [2.05, 4.69) is 12.0 Å². The summed E-state index contributed by atoms with van der Waals surface area (Å²) in [7, 11) is -3.49. The maximum atomic E-state index is 13.6. The van der Waals surface area contributed by atoms with Gasteiger partial charge in [0, 0.05) is 44.3 Å². The molecule has 1 atom stereocenters. The number of piperidine rings is 1. The molecule has 2 aliphatic heterocycles. The molecule has 1 aromatic heterocycles. The molecule has 1 aromatic carbocycles. The van der Waals surface area contributed by atoms with Gasteiger partial charge in [0.2, 0.25) is 5.75 Å². The van der Waals surface area contributed by atoms with Crippen LogP contribution in [0.2, 0.25) is 5.02 Å². The van der Waals surface area contributed by atoms with E-state index in [1.807, 2.05) is 4.90 Å². The molecule has 2 saturated heterocycles. The number of hydrogen-bond donors (Lipinski definition) is 0. The Morgan fingerprint density at radius 3 is 2.44 bits per heavy atom. The first-order valence-electron chi connectivity index (χ1n) is 12.9. The van der Waals surface area contributed by atoms with Crippen LogP contribution in [0.25, 0.3) is 5.69 Å². The molecule has 1 saturated carbocycles. The Morgan fingerprint density at radius 2 is 1.75 bits per heavy atom. The zero-order valence-electron chi connectivity index (χ0n) is 20.7. The van der Waals surface area contributed by atoms with Crippen LogP contribution in [0.15, 0.2) is 35.3 Å². The predicted molar refractivity (Wildman–Crippen MR) is 140 cm³/mol. The minimum absolute atomic E-state index is 0.00517. The molecule has 1 aliphatic carbocycles. The van der Waals surface area contributed by atoms with Crippen molar-refractivity contribution < 1.29 is 13.2 Å². The third-order valence-corrected chi connectivity index (χ3v) is 9.64. The van der Waals surface area contributed by atoms with Gasteiger partial charge in [-0.05, 0) is 62.6 Å². The van der Waals surface area contributed by atoms with Crippen molar-refractivity contribution in [3.05, 3.63) is 45.8 Å². The highest BCUT2D eigenvalue weighted by Crippen LogP contribution is 2.31. The molecular weight excluding hydrogens is 502 g/mol. The summed E-state index contributed by atoms with van der Waals surface area (Å²) in [6.07, 6.45) is 7.61. The zero-order valence-corrected chi connectivity index (χ0v) is 22.3. The Morgan fingerprint density at radius 1 is 1.00 bits per heavy atom. The molecule has 0 N–H and O–H groups in total. The Labute approximate surface area is 217 Å². The molecule has 11 heteroatoms. The third kappa shape index (κ3) is 5.27. The summed E-state index contributed by atoms with van der Waals surface area (Å²) in [4.78, 5) is 15.6. The number of aromatic nitrogens is 2. The van der Waals surface area contributed by atoms with E-state index in [-0.39, 0.29) is 17.4 Å². The Bertz CT molecular complexity index is 1240. The van der Waals surface area contributed by atoms with E-state index in [4.69, 9.17) is 16.3 Å². The van der Waals surface area contributed by atoms with E-state index in [9.17, 15) is 13.2 Å². The Kier molecular flexibility index (Phi) is 7.57. The maximum Gasteiger partial charge on any atom is 0.316 e. The van der Waals surface area contributed by atoms with Gasteiger partial charge < -0.3 is 9.64 Å². The van der Waals surface area contributed by atoms with Crippen molar-refractivity contribution >= 4 is 27.5 Å². The number of nitrogens with zero attached hydrogens (tertiary/aromatic N) is 5. The van der Waals surface area contributed by atoms with Gasteiger partial charge in [0.25, 0.3) is 10.2 Å². The second kappa shape index (κ2) is 10.7. The number of anilines is 1. The SMILES string of the molecule is CC1CCCN(S(=O)(=O)N2CCN(c3cnn(-c4cccc(Cl)c4)c(=O)c3OC3CCCC3)CC2)C1. The molecule has 0 bridgehead atoms. The van der Waals surface area contributed by atoms with Gasteiger partial charge in [0.15, 0.2) is 0 Å². The summed E-state index contributed by atoms with van der Waals surface area (Å²) in [6, 6.07) is 7.00. The van der Waals surface area contributed by atoms with Crippen molar-refractivity contribution in [2.75, 3.05) is 44.2 Å². The van der Waals surface area contributed by atoms with Gasteiger partial charge in [0.05, 0.1) is 18.0 Å². The number of hydrogen-bond acceptors (Lipinski definition) is 6. The van der Waals surface area contributed by atoms with Crippen LogP contribution >= 0.6 is 11.6 Å². The smallest absolute Gasteiger partial charge is 0.316 e. The lowest BCUT2D eigenvalue weighted by molar-refractivity contribution is 0.205. The summed E-state index contributed by atoms with van der Waals surface area (Å²) in [6.45, 7) is 4.90. The fourth-order valence-electron chi connectivity index (χ4n) is 5.41. The summed E-state index contributed by atoms with van der Waals surface area (Å²) in [5.74, 6) is 0.653. The predicted octanol–water partition coefficient (Wildman–Crippen LogP) is 3.31. The first kappa shape index (κ1) is 25.5. The van der Waals surface area contributed by atoms with E-state index < -0.39 is 10.2 Å². The Hall–Kier alpha value is -2.14. The lowest BCUT2D eigenvalue weighted by atomic mass is 10.0. The van der Waals surface area contributed by atoms with Crippen LogP contribution < -0.4 is 15.2 Å². The number of ether oxygens (including phenoxy) is 1. The van der Waals surface area contributed by atoms with Gasteiger partial charge in [-0.3, -0.25) is 4.79 Å². The van der Waals surface area contributed by atoms with Crippen LogP contribution in [0.1, 0.15) is 45.4 Å². The summed E-state index contributed by atoms with van der Waals surface area (Å²) in [5.41, 5.74) is 0.856. The van der Waals surface area contributed by atoms with E-state index in [0.717, 1.165) is 38.5 Å². The number of piperazine rings is 1. The second-order valence-electron chi connectivity index (χ2n) is 10.1. The summed E-state index contributed by atoms with van der Waals surface area (Å²) in [5, 5.41) is 4.95. The van der Waals surface area contributed by atoms with Gasteiger partial charge >= 0.3 is 5.56 Å². The van der Waals surface area contributed by atoms with Crippen molar-refractivity contribution in [1.82, 2.24) is 18.4 Å². The summed E-state index contributed by atoms with van der Waals surface area (Å²) < 4.78 is 37.3. The van der Waals surface area contributed by atoms with E-state index in [1.165, 1.54) is 4.68 Å². The molecule has 1 unspecified atom stereocenters. The number of halogens is 1. The van der Waals surface area contributed by atoms with Gasteiger partial charge in [-0.1, -0.05) is 24.6 Å². The van der Waals surface area contributed by atoms with Crippen molar-refractivity contribution in [3.8, 4) is 11.4 Å². The second-order valence-corrected chi connectivity index (χ2v) is 12.4. The molecule has 36 heavy (non-hydrogen) atoms. The highest BCUT2D eigenvalue weighted by atomic mass is 35.5. The van der Waals surface area contributed by atoms with E-state index in [1.54, 1.807) is 39.1 Å². The van der Waals surface area contributed by atoms with Gasteiger partial charge in [-0.15, -0.1) is 0 Å². The molecule has 3 heterocycles. The molecule has 0 amide bonds. The van der Waals surface area contributed by atoms with Gasteiger partial charge in [-0.25, -0.2) is 0 Å². The number of rotatable bonds is 6. The van der Waals surface area contributed by atoms with Crippen LogP contribution in [0.4, 0.5) is 5.69 Å². The van der Waals surface area contributed by atoms with Crippen LogP contribution in [0, 0.1) is 5.92 Å². The lowest BCUT2D eigenvalue weighted by Crippen LogP contribution is -2.54. The zero-order chi connectivity index (χ0) is 25.3. The standard InChI is InChI=1S/C25H34ClN5O4S/c1-19-6-5-11-30(18-19)36(33,34)29-14-12-28(13-15-29)23-17-27-31(21-8-4-7-20(26)16-21)25(32)24(23)35-22-9-2-3-10-22/h4,7-8,16-17,19,22H,2-3,5-6,9-15,18H2,1H3. The fraction of sp³-hybridized carbons (Fsp3) is 0.600. The quantitative estimate of drug-likeness (QED) is 0.564. The van der Waals surface area contributed by atoms with Crippen LogP contribution in [-0.2, 0) is 10.2 Å². The molecule has 5 rings (SSSR count). The molecule has 9 nitrogen and oxygen atoms in total. The van der Waals surface area contributed by atoms with Gasteiger partial charge in [-0.2, -0.15) is 26.8 Å². The lowest BCUT2D eigenvalue weighted by Gasteiger charge is -2.39. The molecular formula is C25H34ClN5O4S. The van der Waals surface area contributed by atoms with Crippen molar-refractivity contribution in [3.63, 3.8) is 0 Å². The maximum absolute atomic E-state index is 13.6. The minimum atomic E-state index is -3.49. The minimum Gasteiger partial charge on any atom is -0.483 e. The first-order chi connectivity index (χ1) is 17.3. The average Bonchev–Trinajstić information content (AvgIpc) is 3.39. The molecule has 3 aliphatic rings. The number of benzene rings is 1. The van der Waals surface area contributed by atoms with Crippen molar-refractivity contribution in [2.45, 2.75) is 51.6 Å². The van der Waals surface area contributed by atoms with Gasteiger partial charge in [0.1, 0.15) is 5.69 Å². The van der Waals surface area contributed by atoms with Crippen molar-refractivity contribution in [1.29, 1.82) is 0 Å². The van der Waals surface area contributed by atoms with Crippen LogP contribution in [0.5, 0.6) is 5.75 Å². The summed E-state index contributed by atoms with van der Waals surface area (Å²) >= 11 is 6.15. The van der Waals surface area contributed by atoms with Crippen LogP contribution in [-0.4, -0.2) is 72.2 Å². The average molecular weight is 536 g/mol. The normalized spacial score (nSPS) is 22.7. The highest BCUT2D eigenvalue weighted by Gasteiger charge is 2.35. The molecule has 0 spiro atoms. The molecule has 196 valence electrons. The Balaban J connectivity index is 1.39. The monoisotopic (exact) mass is 535 g/mol.